The van der Waals surface area contributed by atoms with E-state index in [1.807, 2.05) is 6.07 Å². The summed E-state index contributed by atoms with van der Waals surface area (Å²) in [5.41, 5.74) is 0.584. The third-order valence-electron chi connectivity index (χ3n) is 2.63. The van der Waals surface area contributed by atoms with E-state index in [0.717, 1.165) is 6.42 Å². The summed E-state index contributed by atoms with van der Waals surface area (Å²) < 4.78 is 0. The molecular formula is C12H14N2O2. The van der Waals surface area contributed by atoms with E-state index in [2.05, 4.69) is 10.6 Å². The van der Waals surface area contributed by atoms with Gasteiger partial charge in [0.05, 0.1) is 0 Å². The van der Waals surface area contributed by atoms with Gasteiger partial charge in [-0.3, -0.25) is 9.59 Å². The number of nitrogens with one attached hydrogen (secondary N) is 2. The summed E-state index contributed by atoms with van der Waals surface area (Å²) in [4.78, 5) is 23.2. The summed E-state index contributed by atoms with van der Waals surface area (Å²) in [5.74, 6) is -0.279. The van der Waals surface area contributed by atoms with Gasteiger partial charge in [-0.2, -0.15) is 0 Å². The van der Waals surface area contributed by atoms with Gasteiger partial charge in [0, 0.05) is 12.1 Å². The lowest BCUT2D eigenvalue weighted by Gasteiger charge is -2.22. The predicted molar refractivity (Wildman–Crippen MR) is 59.9 cm³/mol. The SMILES string of the molecule is O=C(N[C@@H]1CCCNC1=O)c1ccccc1. The molecule has 1 heterocycles. The number of hydrogen-bond donors (Lipinski definition) is 2. The fraction of sp³-hybridized carbons (Fsp3) is 0.333. The molecule has 0 aromatic heterocycles. The first-order valence-corrected chi connectivity index (χ1v) is 5.41. The van der Waals surface area contributed by atoms with Crippen molar-refractivity contribution >= 4 is 11.8 Å². The minimum absolute atomic E-state index is 0.0875. The molecule has 1 fully saturated rings. The van der Waals surface area contributed by atoms with Gasteiger partial charge in [-0.15, -0.1) is 0 Å². The molecule has 0 bridgehead atoms. The molecule has 84 valence electrons. The van der Waals surface area contributed by atoms with E-state index >= 15 is 0 Å². The quantitative estimate of drug-likeness (QED) is 0.767. The molecule has 2 rings (SSSR count). The lowest BCUT2D eigenvalue weighted by atomic mass is 10.1. The smallest absolute Gasteiger partial charge is 0.251 e. The Hall–Kier alpha value is -1.84. The zero-order chi connectivity index (χ0) is 11.4. The molecule has 0 radical (unpaired) electrons. The minimum atomic E-state index is -0.388. The number of rotatable bonds is 2. The molecular weight excluding hydrogens is 204 g/mol. The van der Waals surface area contributed by atoms with E-state index in [4.69, 9.17) is 0 Å². The molecule has 1 saturated heterocycles. The number of hydrogen-bond acceptors (Lipinski definition) is 2. The molecule has 0 spiro atoms. The monoisotopic (exact) mass is 218 g/mol. The van der Waals surface area contributed by atoms with Gasteiger partial charge < -0.3 is 10.6 Å². The molecule has 0 aliphatic carbocycles. The number of piperidine rings is 1. The van der Waals surface area contributed by atoms with Crippen molar-refractivity contribution in [3.63, 3.8) is 0 Å². The average Bonchev–Trinajstić information content (AvgIpc) is 2.33. The maximum Gasteiger partial charge on any atom is 0.251 e. The maximum absolute atomic E-state index is 11.8. The van der Waals surface area contributed by atoms with Crippen LogP contribution >= 0.6 is 0 Å². The third kappa shape index (κ3) is 2.39. The lowest BCUT2D eigenvalue weighted by molar-refractivity contribution is -0.124. The van der Waals surface area contributed by atoms with Crippen LogP contribution in [0, 0.1) is 0 Å². The first-order chi connectivity index (χ1) is 7.77. The highest BCUT2D eigenvalue weighted by molar-refractivity contribution is 5.97. The number of amides is 2. The lowest BCUT2D eigenvalue weighted by Crippen LogP contribution is -2.50. The van der Waals surface area contributed by atoms with E-state index in [0.29, 0.717) is 18.5 Å². The second kappa shape index (κ2) is 4.79. The van der Waals surface area contributed by atoms with E-state index in [1.54, 1.807) is 24.3 Å². The highest BCUT2D eigenvalue weighted by Gasteiger charge is 2.23. The average molecular weight is 218 g/mol. The number of carbonyl (C=O) groups is 2. The van der Waals surface area contributed by atoms with E-state index in [-0.39, 0.29) is 17.9 Å². The second-order valence-electron chi connectivity index (χ2n) is 3.83. The molecule has 4 heteroatoms. The summed E-state index contributed by atoms with van der Waals surface area (Å²) >= 11 is 0. The Morgan fingerprint density at radius 2 is 2.06 bits per heavy atom. The molecule has 1 aliphatic rings. The van der Waals surface area contributed by atoms with Crippen molar-refractivity contribution in [1.29, 1.82) is 0 Å². The first kappa shape index (κ1) is 10.7. The normalized spacial score (nSPS) is 20.0. The van der Waals surface area contributed by atoms with E-state index in [9.17, 15) is 9.59 Å². The van der Waals surface area contributed by atoms with Crippen molar-refractivity contribution in [2.24, 2.45) is 0 Å². The van der Waals surface area contributed by atoms with Crippen LogP contribution in [-0.2, 0) is 4.79 Å². The van der Waals surface area contributed by atoms with E-state index < -0.39 is 0 Å². The second-order valence-corrected chi connectivity index (χ2v) is 3.83. The van der Waals surface area contributed by atoms with Crippen molar-refractivity contribution in [3.8, 4) is 0 Å². The van der Waals surface area contributed by atoms with Gasteiger partial charge in [-0.1, -0.05) is 18.2 Å². The Bertz CT molecular complexity index is 389. The Morgan fingerprint density at radius 3 is 2.75 bits per heavy atom. The highest BCUT2D eigenvalue weighted by Crippen LogP contribution is 2.05. The summed E-state index contributed by atoms with van der Waals surface area (Å²) in [7, 11) is 0. The van der Waals surface area contributed by atoms with E-state index in [1.165, 1.54) is 0 Å². The van der Waals surface area contributed by atoms with Crippen molar-refractivity contribution in [1.82, 2.24) is 10.6 Å². The third-order valence-corrected chi connectivity index (χ3v) is 2.63. The fourth-order valence-electron chi connectivity index (χ4n) is 1.74. The first-order valence-electron chi connectivity index (χ1n) is 5.41. The topological polar surface area (TPSA) is 58.2 Å². The summed E-state index contributed by atoms with van der Waals surface area (Å²) in [5, 5.41) is 5.47. The molecule has 2 N–H and O–H groups in total. The Balaban J connectivity index is 1.99. The Morgan fingerprint density at radius 1 is 1.31 bits per heavy atom. The molecule has 1 aliphatic heterocycles. The van der Waals surface area contributed by atoms with Crippen LogP contribution in [0.15, 0.2) is 30.3 Å². The van der Waals surface area contributed by atoms with Crippen molar-refractivity contribution < 1.29 is 9.59 Å². The van der Waals surface area contributed by atoms with Crippen LogP contribution in [0.3, 0.4) is 0 Å². The van der Waals surface area contributed by atoms with Crippen molar-refractivity contribution in [2.45, 2.75) is 18.9 Å². The van der Waals surface area contributed by atoms with Crippen LogP contribution in [0.1, 0.15) is 23.2 Å². The predicted octanol–water partition coefficient (Wildman–Crippen LogP) is 0.695. The standard InChI is InChI=1S/C12H14N2O2/c15-11(9-5-2-1-3-6-9)14-10-7-4-8-13-12(10)16/h1-3,5-6,10H,4,7-8H2,(H,13,16)(H,14,15)/t10-/m1/s1. The highest BCUT2D eigenvalue weighted by atomic mass is 16.2. The molecule has 0 unspecified atom stereocenters. The molecule has 0 saturated carbocycles. The van der Waals surface area contributed by atoms with Crippen LogP contribution in [0.25, 0.3) is 0 Å². The summed E-state index contributed by atoms with van der Waals surface area (Å²) in [6, 6.07) is 8.53. The molecule has 1 aromatic carbocycles. The molecule has 1 atom stereocenters. The summed E-state index contributed by atoms with van der Waals surface area (Å²) in [6.45, 7) is 0.705. The van der Waals surface area contributed by atoms with Crippen molar-refractivity contribution in [3.05, 3.63) is 35.9 Å². The maximum atomic E-state index is 11.8. The van der Waals surface area contributed by atoms with Crippen LogP contribution in [0.2, 0.25) is 0 Å². The fourth-order valence-corrected chi connectivity index (χ4v) is 1.74. The van der Waals surface area contributed by atoms with Crippen LogP contribution in [0.5, 0.6) is 0 Å². The minimum Gasteiger partial charge on any atom is -0.354 e. The molecule has 4 nitrogen and oxygen atoms in total. The summed E-state index contributed by atoms with van der Waals surface area (Å²) in [6.07, 6.45) is 1.62. The largest absolute Gasteiger partial charge is 0.354 e. The zero-order valence-corrected chi connectivity index (χ0v) is 8.90. The molecule has 16 heavy (non-hydrogen) atoms. The van der Waals surface area contributed by atoms with Gasteiger partial charge in [0.1, 0.15) is 6.04 Å². The number of carbonyl (C=O) groups excluding carboxylic acids is 2. The van der Waals surface area contributed by atoms with Gasteiger partial charge >= 0.3 is 0 Å². The van der Waals surface area contributed by atoms with Crippen LogP contribution in [0.4, 0.5) is 0 Å². The van der Waals surface area contributed by atoms with Gasteiger partial charge in [-0.05, 0) is 25.0 Å². The van der Waals surface area contributed by atoms with Gasteiger partial charge in [0.25, 0.3) is 5.91 Å². The Kier molecular flexibility index (Phi) is 3.19. The number of benzene rings is 1. The van der Waals surface area contributed by atoms with Crippen molar-refractivity contribution in [2.75, 3.05) is 6.54 Å². The van der Waals surface area contributed by atoms with Crippen LogP contribution < -0.4 is 10.6 Å². The van der Waals surface area contributed by atoms with Gasteiger partial charge in [0.2, 0.25) is 5.91 Å². The molecule has 2 amide bonds. The van der Waals surface area contributed by atoms with Crippen LogP contribution in [-0.4, -0.2) is 24.4 Å². The van der Waals surface area contributed by atoms with Gasteiger partial charge in [0.15, 0.2) is 0 Å². The zero-order valence-electron chi connectivity index (χ0n) is 8.90. The molecule has 1 aromatic rings. The Labute approximate surface area is 94.0 Å². The van der Waals surface area contributed by atoms with Gasteiger partial charge in [-0.25, -0.2) is 0 Å².